The van der Waals surface area contributed by atoms with E-state index in [1.807, 2.05) is 13.8 Å². The number of nitrogens with zero attached hydrogens (tertiary/aromatic N) is 1. The molecule has 0 atom stereocenters. The Morgan fingerprint density at radius 3 is 2.42 bits per heavy atom. The predicted molar refractivity (Wildman–Crippen MR) is 90.1 cm³/mol. The third kappa shape index (κ3) is 5.29. The van der Waals surface area contributed by atoms with Crippen molar-refractivity contribution < 1.29 is 22.7 Å². The number of hydrogen-bond donors (Lipinski definition) is 0. The van der Waals surface area contributed by atoms with Gasteiger partial charge in [-0.3, -0.25) is 4.79 Å². The standard InChI is InChI=1S/C17H25NO5S/c1-14(2)13-23-17(19)8-5-15-3-6-16(7-4-15)24(20,21)18-9-11-22-12-10-18/h3-4,6-7,14H,5,8-13H2,1-2H3. The van der Waals surface area contributed by atoms with Crippen molar-refractivity contribution in [2.45, 2.75) is 31.6 Å². The first-order valence-electron chi connectivity index (χ1n) is 8.22. The van der Waals surface area contributed by atoms with Gasteiger partial charge in [0, 0.05) is 19.5 Å². The highest BCUT2D eigenvalue weighted by Crippen LogP contribution is 2.18. The van der Waals surface area contributed by atoms with E-state index in [1.54, 1.807) is 24.3 Å². The zero-order valence-electron chi connectivity index (χ0n) is 14.2. The van der Waals surface area contributed by atoms with E-state index in [2.05, 4.69) is 0 Å². The van der Waals surface area contributed by atoms with Crippen molar-refractivity contribution >= 4 is 16.0 Å². The number of esters is 1. The number of morpholine rings is 1. The van der Waals surface area contributed by atoms with E-state index in [0.29, 0.717) is 51.7 Å². The van der Waals surface area contributed by atoms with E-state index in [4.69, 9.17) is 9.47 Å². The van der Waals surface area contributed by atoms with E-state index < -0.39 is 10.0 Å². The fraction of sp³-hybridized carbons (Fsp3) is 0.588. The molecule has 1 heterocycles. The summed E-state index contributed by atoms with van der Waals surface area (Å²) in [5, 5.41) is 0. The molecule has 24 heavy (non-hydrogen) atoms. The number of carbonyl (C=O) groups is 1. The number of ether oxygens (including phenoxy) is 2. The SMILES string of the molecule is CC(C)COC(=O)CCc1ccc(S(=O)(=O)N2CCOCC2)cc1. The van der Waals surface area contributed by atoms with Gasteiger partial charge in [-0.2, -0.15) is 4.31 Å². The van der Waals surface area contributed by atoms with Gasteiger partial charge in [-0.1, -0.05) is 26.0 Å². The lowest BCUT2D eigenvalue weighted by Crippen LogP contribution is -2.40. The minimum Gasteiger partial charge on any atom is -0.465 e. The fourth-order valence-electron chi connectivity index (χ4n) is 2.34. The Morgan fingerprint density at radius 2 is 1.83 bits per heavy atom. The van der Waals surface area contributed by atoms with E-state index in [1.165, 1.54) is 4.31 Å². The van der Waals surface area contributed by atoms with Crippen LogP contribution in [0.3, 0.4) is 0 Å². The molecule has 1 aliphatic rings. The Kier molecular flexibility index (Phi) is 6.77. The molecule has 1 saturated heterocycles. The molecule has 0 N–H and O–H groups in total. The molecule has 0 aromatic heterocycles. The topological polar surface area (TPSA) is 72.9 Å². The van der Waals surface area contributed by atoms with Crippen LogP contribution >= 0.6 is 0 Å². The van der Waals surface area contributed by atoms with Gasteiger partial charge in [-0.15, -0.1) is 0 Å². The van der Waals surface area contributed by atoms with Crippen LogP contribution in [0.2, 0.25) is 0 Å². The van der Waals surface area contributed by atoms with Crippen LogP contribution in [0.1, 0.15) is 25.8 Å². The van der Waals surface area contributed by atoms with E-state index in [9.17, 15) is 13.2 Å². The fourth-order valence-corrected chi connectivity index (χ4v) is 3.75. The van der Waals surface area contributed by atoms with Crippen LogP contribution in [0.5, 0.6) is 0 Å². The number of rotatable bonds is 7. The van der Waals surface area contributed by atoms with Crippen LogP contribution in [-0.2, 0) is 30.7 Å². The van der Waals surface area contributed by atoms with Crippen molar-refractivity contribution in [1.82, 2.24) is 4.31 Å². The molecule has 0 radical (unpaired) electrons. The third-order valence-corrected chi connectivity index (χ3v) is 5.64. The van der Waals surface area contributed by atoms with Gasteiger partial charge in [0.05, 0.1) is 24.7 Å². The van der Waals surface area contributed by atoms with Crippen molar-refractivity contribution in [3.63, 3.8) is 0 Å². The summed E-state index contributed by atoms with van der Waals surface area (Å²) < 4.78 is 36.8. The molecule has 0 spiro atoms. The minimum absolute atomic E-state index is 0.228. The molecule has 0 bridgehead atoms. The molecule has 1 fully saturated rings. The largest absolute Gasteiger partial charge is 0.465 e. The highest BCUT2D eigenvalue weighted by Gasteiger charge is 2.26. The molecule has 6 nitrogen and oxygen atoms in total. The number of sulfonamides is 1. The van der Waals surface area contributed by atoms with Gasteiger partial charge < -0.3 is 9.47 Å². The highest BCUT2D eigenvalue weighted by molar-refractivity contribution is 7.89. The highest BCUT2D eigenvalue weighted by atomic mass is 32.2. The lowest BCUT2D eigenvalue weighted by Gasteiger charge is -2.26. The summed E-state index contributed by atoms with van der Waals surface area (Å²) in [6, 6.07) is 6.70. The van der Waals surface area contributed by atoms with Crippen LogP contribution in [0, 0.1) is 5.92 Å². The molecule has 2 rings (SSSR count). The maximum Gasteiger partial charge on any atom is 0.306 e. The maximum absolute atomic E-state index is 12.5. The van der Waals surface area contributed by atoms with Gasteiger partial charge in [0.1, 0.15) is 0 Å². The molecule has 7 heteroatoms. The van der Waals surface area contributed by atoms with E-state index in [-0.39, 0.29) is 10.9 Å². The molecule has 1 aliphatic heterocycles. The smallest absolute Gasteiger partial charge is 0.306 e. The zero-order valence-corrected chi connectivity index (χ0v) is 15.0. The molecule has 0 saturated carbocycles. The quantitative estimate of drug-likeness (QED) is 0.698. The molecular formula is C17H25NO5S. The van der Waals surface area contributed by atoms with Crippen LogP contribution in [0.4, 0.5) is 0 Å². The average Bonchev–Trinajstić information content (AvgIpc) is 2.59. The van der Waals surface area contributed by atoms with Gasteiger partial charge in [-0.05, 0) is 30.0 Å². The van der Waals surface area contributed by atoms with Crippen molar-refractivity contribution in [1.29, 1.82) is 0 Å². The van der Waals surface area contributed by atoms with Crippen molar-refractivity contribution in [2.24, 2.45) is 5.92 Å². The second-order valence-corrected chi connectivity index (χ2v) is 8.18. The zero-order chi connectivity index (χ0) is 17.6. The van der Waals surface area contributed by atoms with Gasteiger partial charge in [0.2, 0.25) is 10.0 Å². The summed E-state index contributed by atoms with van der Waals surface area (Å²) in [4.78, 5) is 11.9. The Hall–Kier alpha value is -1.44. The monoisotopic (exact) mass is 355 g/mol. The first kappa shape index (κ1) is 18.9. The Balaban J connectivity index is 1.91. The second kappa shape index (κ2) is 8.60. The Bertz CT molecular complexity index is 633. The minimum atomic E-state index is -3.47. The second-order valence-electron chi connectivity index (χ2n) is 6.24. The molecule has 1 aromatic carbocycles. The number of aryl methyl sites for hydroxylation is 1. The molecule has 134 valence electrons. The Labute approximate surface area is 143 Å². The lowest BCUT2D eigenvalue weighted by atomic mass is 10.1. The summed E-state index contributed by atoms with van der Waals surface area (Å²) >= 11 is 0. The van der Waals surface area contributed by atoms with Gasteiger partial charge in [0.15, 0.2) is 0 Å². The third-order valence-electron chi connectivity index (χ3n) is 3.73. The number of carbonyl (C=O) groups excluding carboxylic acids is 1. The number of hydrogen-bond acceptors (Lipinski definition) is 5. The van der Waals surface area contributed by atoms with Gasteiger partial charge >= 0.3 is 5.97 Å². The van der Waals surface area contributed by atoms with Crippen LogP contribution in [-0.4, -0.2) is 51.6 Å². The molecular weight excluding hydrogens is 330 g/mol. The first-order valence-corrected chi connectivity index (χ1v) is 9.66. The molecule has 0 aliphatic carbocycles. The molecule has 0 unspecified atom stereocenters. The summed E-state index contributed by atoms with van der Waals surface area (Å²) in [6.07, 6.45) is 0.830. The molecule has 1 aromatic rings. The summed E-state index contributed by atoms with van der Waals surface area (Å²) in [6.45, 7) is 6.01. The number of benzene rings is 1. The average molecular weight is 355 g/mol. The summed E-state index contributed by atoms with van der Waals surface area (Å²) in [5.74, 6) is 0.0901. The summed E-state index contributed by atoms with van der Waals surface area (Å²) in [5.41, 5.74) is 0.914. The van der Waals surface area contributed by atoms with E-state index >= 15 is 0 Å². The maximum atomic E-state index is 12.5. The van der Waals surface area contributed by atoms with E-state index in [0.717, 1.165) is 5.56 Å². The predicted octanol–water partition coefficient (Wildman–Crippen LogP) is 1.84. The van der Waals surface area contributed by atoms with Crippen LogP contribution in [0.15, 0.2) is 29.2 Å². The van der Waals surface area contributed by atoms with Crippen molar-refractivity contribution in [2.75, 3.05) is 32.9 Å². The Morgan fingerprint density at radius 1 is 1.21 bits per heavy atom. The van der Waals surface area contributed by atoms with Crippen molar-refractivity contribution in [3.8, 4) is 0 Å². The lowest BCUT2D eigenvalue weighted by molar-refractivity contribution is -0.144. The normalized spacial score (nSPS) is 16.3. The van der Waals surface area contributed by atoms with Gasteiger partial charge in [-0.25, -0.2) is 8.42 Å². The molecule has 0 amide bonds. The first-order chi connectivity index (χ1) is 11.4. The summed E-state index contributed by atoms with van der Waals surface area (Å²) in [7, 11) is -3.47. The van der Waals surface area contributed by atoms with Crippen LogP contribution < -0.4 is 0 Å². The van der Waals surface area contributed by atoms with Crippen molar-refractivity contribution in [3.05, 3.63) is 29.8 Å². The van der Waals surface area contributed by atoms with Gasteiger partial charge in [0.25, 0.3) is 0 Å². The van der Waals surface area contributed by atoms with Crippen LogP contribution in [0.25, 0.3) is 0 Å².